The maximum Gasteiger partial charge on any atom is 0.363 e. The summed E-state index contributed by atoms with van der Waals surface area (Å²) in [5.41, 5.74) is 1.50. The average Bonchev–Trinajstić information content (AvgIpc) is 3.05. The number of ether oxygens (including phenoxy) is 4. The number of nitrogens with zero attached hydrogens (tertiary/aromatic N) is 1. The van der Waals surface area contributed by atoms with E-state index in [4.69, 9.17) is 30.5 Å². The number of halogens is 1. The molecule has 1 aliphatic heterocycles. The number of hydrogen-bond donors (Lipinski definition) is 0. The molecule has 0 spiro atoms. The molecule has 1 aliphatic rings. The summed E-state index contributed by atoms with van der Waals surface area (Å²) in [5.74, 6) is 1.39. The lowest BCUT2D eigenvalue weighted by atomic mass is 10.1. The van der Waals surface area contributed by atoms with E-state index in [1.54, 1.807) is 49.6 Å². The fourth-order valence-electron chi connectivity index (χ4n) is 2.71. The van der Waals surface area contributed by atoms with Crippen molar-refractivity contribution in [3.05, 3.63) is 58.2 Å². The van der Waals surface area contributed by atoms with Gasteiger partial charge in [0.25, 0.3) is 0 Å². The standard InChI is InChI=1S/C22H22ClNO5/c1-5-27-19-12-14(10-17(23)20(19)28-13(2)3)11-18-22(25)29-21(24-18)15-6-8-16(26-4)9-7-15/h6-13H,5H2,1-4H3/b18-11-. The number of esters is 1. The highest BCUT2D eigenvalue weighted by atomic mass is 35.5. The van der Waals surface area contributed by atoms with Crippen LogP contribution in [0.1, 0.15) is 31.9 Å². The molecule has 0 fully saturated rings. The second-order valence-corrected chi connectivity index (χ2v) is 6.90. The molecule has 0 aromatic heterocycles. The average molecular weight is 416 g/mol. The van der Waals surface area contributed by atoms with Gasteiger partial charge in [-0.2, -0.15) is 0 Å². The summed E-state index contributed by atoms with van der Waals surface area (Å²) in [6.07, 6.45) is 1.55. The Labute approximate surface area is 174 Å². The van der Waals surface area contributed by atoms with Crippen LogP contribution in [-0.2, 0) is 9.53 Å². The Morgan fingerprint density at radius 1 is 1.21 bits per heavy atom. The Morgan fingerprint density at radius 2 is 1.93 bits per heavy atom. The molecule has 0 unspecified atom stereocenters. The van der Waals surface area contributed by atoms with E-state index < -0.39 is 5.97 Å². The number of aliphatic imine (C=N–C) groups is 1. The van der Waals surface area contributed by atoms with E-state index >= 15 is 0 Å². The number of cyclic esters (lactones) is 1. The third kappa shape index (κ3) is 4.90. The smallest absolute Gasteiger partial charge is 0.363 e. The van der Waals surface area contributed by atoms with Crippen LogP contribution < -0.4 is 14.2 Å². The van der Waals surface area contributed by atoms with E-state index in [9.17, 15) is 4.79 Å². The minimum absolute atomic E-state index is 0.0580. The van der Waals surface area contributed by atoms with Gasteiger partial charge < -0.3 is 18.9 Å². The minimum Gasteiger partial charge on any atom is -0.497 e. The zero-order valence-corrected chi connectivity index (χ0v) is 17.4. The van der Waals surface area contributed by atoms with Gasteiger partial charge in [-0.1, -0.05) is 11.6 Å². The van der Waals surface area contributed by atoms with Gasteiger partial charge in [0, 0.05) is 5.56 Å². The molecule has 2 aromatic carbocycles. The molecule has 0 bridgehead atoms. The fourth-order valence-corrected chi connectivity index (χ4v) is 2.97. The molecule has 2 aromatic rings. The second-order valence-electron chi connectivity index (χ2n) is 6.49. The van der Waals surface area contributed by atoms with E-state index in [1.807, 2.05) is 20.8 Å². The monoisotopic (exact) mass is 415 g/mol. The highest BCUT2D eigenvalue weighted by Crippen LogP contribution is 2.38. The van der Waals surface area contributed by atoms with E-state index in [1.165, 1.54) is 0 Å². The number of benzene rings is 2. The van der Waals surface area contributed by atoms with Gasteiger partial charge in [0.05, 0.1) is 24.8 Å². The summed E-state index contributed by atoms with van der Waals surface area (Å²) < 4.78 is 21.9. The van der Waals surface area contributed by atoms with E-state index in [0.717, 1.165) is 0 Å². The predicted octanol–water partition coefficient (Wildman–Crippen LogP) is 4.88. The molecule has 0 aliphatic carbocycles. The number of hydrogen-bond acceptors (Lipinski definition) is 6. The van der Waals surface area contributed by atoms with Crippen molar-refractivity contribution >= 4 is 29.5 Å². The van der Waals surface area contributed by atoms with Crippen molar-refractivity contribution in [2.24, 2.45) is 4.99 Å². The summed E-state index contributed by atoms with van der Waals surface area (Å²) in [6, 6.07) is 10.5. The molecule has 3 rings (SSSR count). The first kappa shape index (κ1) is 20.7. The lowest BCUT2D eigenvalue weighted by molar-refractivity contribution is -0.129. The quantitative estimate of drug-likeness (QED) is 0.476. The summed E-state index contributed by atoms with van der Waals surface area (Å²) >= 11 is 6.39. The van der Waals surface area contributed by atoms with Crippen LogP contribution in [0.4, 0.5) is 0 Å². The largest absolute Gasteiger partial charge is 0.497 e. The van der Waals surface area contributed by atoms with E-state index in [0.29, 0.717) is 40.0 Å². The van der Waals surface area contributed by atoms with Crippen LogP contribution in [0.15, 0.2) is 47.1 Å². The van der Waals surface area contributed by atoms with Crippen molar-refractivity contribution in [2.75, 3.05) is 13.7 Å². The van der Waals surface area contributed by atoms with Crippen LogP contribution in [-0.4, -0.2) is 31.7 Å². The van der Waals surface area contributed by atoms with E-state index in [2.05, 4.69) is 4.99 Å². The molecular weight excluding hydrogens is 394 g/mol. The molecule has 0 saturated heterocycles. The molecule has 0 N–H and O–H groups in total. The van der Waals surface area contributed by atoms with Gasteiger partial charge in [-0.05, 0) is 68.8 Å². The molecule has 0 radical (unpaired) electrons. The van der Waals surface area contributed by atoms with Crippen molar-refractivity contribution in [1.29, 1.82) is 0 Å². The van der Waals surface area contributed by atoms with Gasteiger partial charge in [0.15, 0.2) is 17.2 Å². The Bertz CT molecular complexity index is 964. The highest BCUT2D eigenvalue weighted by molar-refractivity contribution is 6.32. The number of methoxy groups -OCH3 is 1. The molecular formula is C22H22ClNO5. The summed E-state index contributed by atoms with van der Waals surface area (Å²) in [7, 11) is 1.59. The third-order valence-electron chi connectivity index (χ3n) is 3.95. The molecule has 29 heavy (non-hydrogen) atoms. The van der Waals surface area contributed by atoms with Crippen molar-refractivity contribution in [2.45, 2.75) is 26.9 Å². The molecule has 0 atom stereocenters. The van der Waals surface area contributed by atoms with Crippen LogP contribution in [0, 0.1) is 0 Å². The van der Waals surface area contributed by atoms with Gasteiger partial charge in [-0.25, -0.2) is 9.79 Å². The van der Waals surface area contributed by atoms with Crippen molar-refractivity contribution < 1.29 is 23.7 Å². The van der Waals surface area contributed by atoms with Crippen LogP contribution >= 0.6 is 11.6 Å². The SMILES string of the molecule is CCOc1cc(/C=C2\N=C(c3ccc(OC)cc3)OC2=O)cc(Cl)c1OC(C)C. The zero-order chi connectivity index (χ0) is 21.0. The summed E-state index contributed by atoms with van der Waals surface area (Å²) in [6.45, 7) is 6.14. The Kier molecular flexibility index (Phi) is 6.44. The number of rotatable bonds is 7. The van der Waals surface area contributed by atoms with Gasteiger partial charge in [0.2, 0.25) is 5.90 Å². The Morgan fingerprint density at radius 3 is 2.55 bits per heavy atom. The van der Waals surface area contributed by atoms with Gasteiger partial charge in [0.1, 0.15) is 5.75 Å². The van der Waals surface area contributed by atoms with E-state index in [-0.39, 0.29) is 17.7 Å². The zero-order valence-electron chi connectivity index (χ0n) is 16.7. The summed E-state index contributed by atoms with van der Waals surface area (Å²) in [4.78, 5) is 16.6. The number of carbonyl (C=O) groups is 1. The first-order chi connectivity index (χ1) is 13.9. The van der Waals surface area contributed by atoms with Crippen molar-refractivity contribution in [3.8, 4) is 17.2 Å². The van der Waals surface area contributed by atoms with Gasteiger partial charge >= 0.3 is 5.97 Å². The van der Waals surface area contributed by atoms with Crippen LogP contribution in [0.2, 0.25) is 5.02 Å². The lowest BCUT2D eigenvalue weighted by Crippen LogP contribution is -2.08. The molecule has 0 amide bonds. The molecule has 7 heteroatoms. The highest BCUT2D eigenvalue weighted by Gasteiger charge is 2.24. The van der Waals surface area contributed by atoms with Gasteiger partial charge in [-0.15, -0.1) is 0 Å². The molecule has 0 saturated carbocycles. The number of carbonyl (C=O) groups excluding carboxylic acids is 1. The van der Waals surface area contributed by atoms with Crippen LogP contribution in [0.5, 0.6) is 17.2 Å². The minimum atomic E-state index is -0.535. The Hall–Kier alpha value is -2.99. The van der Waals surface area contributed by atoms with Crippen molar-refractivity contribution in [1.82, 2.24) is 0 Å². The molecule has 6 nitrogen and oxygen atoms in total. The third-order valence-corrected chi connectivity index (χ3v) is 4.23. The maximum atomic E-state index is 12.3. The first-order valence-electron chi connectivity index (χ1n) is 9.21. The topological polar surface area (TPSA) is 66.3 Å². The first-order valence-corrected chi connectivity index (χ1v) is 9.59. The lowest BCUT2D eigenvalue weighted by Gasteiger charge is -2.16. The van der Waals surface area contributed by atoms with Gasteiger partial charge in [-0.3, -0.25) is 0 Å². The van der Waals surface area contributed by atoms with Crippen molar-refractivity contribution in [3.63, 3.8) is 0 Å². The predicted molar refractivity (Wildman–Crippen MR) is 112 cm³/mol. The normalized spacial score (nSPS) is 14.8. The Balaban J connectivity index is 1.93. The molecule has 1 heterocycles. The fraction of sp³-hybridized carbons (Fsp3) is 0.273. The summed E-state index contributed by atoms with van der Waals surface area (Å²) in [5, 5.41) is 0.391. The van der Waals surface area contributed by atoms with Crippen LogP contribution in [0.25, 0.3) is 6.08 Å². The molecule has 152 valence electrons. The van der Waals surface area contributed by atoms with Crippen LogP contribution in [0.3, 0.4) is 0 Å². The second kappa shape index (κ2) is 9.01. The maximum absolute atomic E-state index is 12.3.